The van der Waals surface area contributed by atoms with Gasteiger partial charge >= 0.3 is 5.97 Å². The standard InChI is InChI=1S/C15H20BrClN2O2/c1-2-19(9-15(20)21)13-6-12(7-13)18-8-10-3-4-11(17)5-14(10)16/h3-5,12-13,18H,2,6-9H2,1H3,(H,20,21). The maximum atomic E-state index is 10.8. The van der Waals surface area contributed by atoms with Crippen molar-refractivity contribution in [3.05, 3.63) is 33.3 Å². The molecule has 21 heavy (non-hydrogen) atoms. The number of aliphatic carboxylic acids is 1. The first kappa shape index (κ1) is 16.7. The molecule has 0 amide bonds. The molecule has 0 saturated heterocycles. The molecule has 6 heteroatoms. The molecular formula is C15H20BrClN2O2. The van der Waals surface area contributed by atoms with Crippen LogP contribution < -0.4 is 5.32 Å². The molecule has 0 spiro atoms. The van der Waals surface area contributed by atoms with Gasteiger partial charge in [0.15, 0.2) is 0 Å². The predicted octanol–water partition coefficient (Wildman–Crippen LogP) is 3.13. The fourth-order valence-corrected chi connectivity index (χ4v) is 3.47. The molecule has 116 valence electrons. The number of likely N-dealkylation sites (N-methyl/N-ethyl adjacent to an activating group) is 1. The minimum Gasteiger partial charge on any atom is -0.480 e. The van der Waals surface area contributed by atoms with E-state index >= 15 is 0 Å². The van der Waals surface area contributed by atoms with Crippen molar-refractivity contribution >= 4 is 33.5 Å². The van der Waals surface area contributed by atoms with E-state index in [1.807, 2.05) is 30.0 Å². The molecule has 0 atom stereocenters. The van der Waals surface area contributed by atoms with Crippen LogP contribution in [0.25, 0.3) is 0 Å². The molecule has 1 saturated carbocycles. The van der Waals surface area contributed by atoms with Gasteiger partial charge in [0, 0.05) is 28.1 Å². The van der Waals surface area contributed by atoms with Gasteiger partial charge in [-0.1, -0.05) is 40.5 Å². The number of nitrogens with one attached hydrogen (secondary N) is 1. The van der Waals surface area contributed by atoms with Crippen molar-refractivity contribution in [1.82, 2.24) is 10.2 Å². The number of carboxylic acid groups (broad SMARTS) is 1. The van der Waals surface area contributed by atoms with Crippen molar-refractivity contribution in [2.24, 2.45) is 0 Å². The third-order valence-electron chi connectivity index (χ3n) is 3.97. The largest absolute Gasteiger partial charge is 0.480 e. The maximum absolute atomic E-state index is 10.8. The molecule has 4 nitrogen and oxygen atoms in total. The lowest BCUT2D eigenvalue weighted by Gasteiger charge is -2.42. The smallest absolute Gasteiger partial charge is 0.317 e. The molecule has 1 aliphatic carbocycles. The number of benzene rings is 1. The Morgan fingerprint density at radius 3 is 2.81 bits per heavy atom. The maximum Gasteiger partial charge on any atom is 0.317 e. The minimum absolute atomic E-state index is 0.136. The van der Waals surface area contributed by atoms with Crippen molar-refractivity contribution in [1.29, 1.82) is 0 Å². The second-order valence-electron chi connectivity index (χ2n) is 5.40. The Bertz CT molecular complexity index is 506. The van der Waals surface area contributed by atoms with E-state index in [0.717, 1.165) is 35.4 Å². The van der Waals surface area contributed by atoms with Crippen LogP contribution in [0.3, 0.4) is 0 Å². The Morgan fingerprint density at radius 1 is 1.52 bits per heavy atom. The Morgan fingerprint density at radius 2 is 2.24 bits per heavy atom. The summed E-state index contributed by atoms with van der Waals surface area (Å²) in [6, 6.07) is 6.64. The number of halogens is 2. The summed E-state index contributed by atoms with van der Waals surface area (Å²) in [7, 11) is 0. The SMILES string of the molecule is CCN(CC(=O)O)C1CC(NCc2ccc(Cl)cc2Br)C1. The lowest BCUT2D eigenvalue weighted by Crippen LogP contribution is -2.53. The summed E-state index contributed by atoms with van der Waals surface area (Å²) in [5, 5.41) is 13.1. The average molecular weight is 376 g/mol. The molecule has 0 heterocycles. The summed E-state index contributed by atoms with van der Waals surface area (Å²) in [5.41, 5.74) is 1.18. The molecule has 0 aromatic heterocycles. The fraction of sp³-hybridized carbons (Fsp3) is 0.533. The monoisotopic (exact) mass is 374 g/mol. The van der Waals surface area contributed by atoms with Crippen LogP contribution >= 0.6 is 27.5 Å². The van der Waals surface area contributed by atoms with Gasteiger partial charge in [0.05, 0.1) is 6.54 Å². The van der Waals surface area contributed by atoms with Crippen LogP contribution in [-0.2, 0) is 11.3 Å². The van der Waals surface area contributed by atoms with E-state index in [2.05, 4.69) is 21.2 Å². The normalized spacial score (nSPS) is 21.3. The molecule has 1 aromatic rings. The van der Waals surface area contributed by atoms with Gasteiger partial charge in [-0.2, -0.15) is 0 Å². The topological polar surface area (TPSA) is 52.6 Å². The van der Waals surface area contributed by atoms with Crippen LogP contribution in [0.15, 0.2) is 22.7 Å². The Hall–Kier alpha value is -0.620. The molecular weight excluding hydrogens is 356 g/mol. The predicted molar refractivity (Wildman–Crippen MR) is 87.7 cm³/mol. The molecule has 2 rings (SSSR count). The number of carbonyl (C=O) groups is 1. The van der Waals surface area contributed by atoms with Crippen molar-refractivity contribution in [2.45, 2.75) is 38.4 Å². The summed E-state index contributed by atoms with van der Waals surface area (Å²) in [4.78, 5) is 12.8. The molecule has 0 radical (unpaired) electrons. The quantitative estimate of drug-likeness (QED) is 0.769. The van der Waals surface area contributed by atoms with Crippen LogP contribution in [-0.4, -0.2) is 41.1 Å². The molecule has 1 aromatic carbocycles. The molecule has 1 aliphatic rings. The van der Waals surface area contributed by atoms with Crippen molar-refractivity contribution in [3.63, 3.8) is 0 Å². The number of nitrogens with zero attached hydrogens (tertiary/aromatic N) is 1. The second-order valence-corrected chi connectivity index (χ2v) is 6.69. The van der Waals surface area contributed by atoms with E-state index in [1.165, 1.54) is 5.56 Å². The average Bonchev–Trinajstić information content (AvgIpc) is 2.37. The van der Waals surface area contributed by atoms with E-state index < -0.39 is 5.97 Å². The van der Waals surface area contributed by atoms with E-state index in [0.29, 0.717) is 12.1 Å². The van der Waals surface area contributed by atoms with Crippen LogP contribution in [0, 0.1) is 0 Å². The highest BCUT2D eigenvalue weighted by Crippen LogP contribution is 2.27. The zero-order valence-electron chi connectivity index (χ0n) is 12.0. The Kier molecular flexibility index (Phi) is 6.05. The fourth-order valence-electron chi connectivity index (χ4n) is 2.64. The first-order chi connectivity index (χ1) is 9.99. The number of hydrogen-bond donors (Lipinski definition) is 2. The van der Waals surface area contributed by atoms with Gasteiger partial charge in [-0.05, 0) is 37.1 Å². The molecule has 0 unspecified atom stereocenters. The number of carboxylic acids is 1. The van der Waals surface area contributed by atoms with Crippen LogP contribution in [0.2, 0.25) is 5.02 Å². The van der Waals surface area contributed by atoms with Gasteiger partial charge in [-0.3, -0.25) is 9.69 Å². The highest BCUT2D eigenvalue weighted by molar-refractivity contribution is 9.10. The van der Waals surface area contributed by atoms with Gasteiger partial charge in [-0.25, -0.2) is 0 Å². The Labute approximate surface area is 138 Å². The lowest BCUT2D eigenvalue weighted by atomic mass is 9.85. The van der Waals surface area contributed by atoms with E-state index in [1.54, 1.807) is 0 Å². The van der Waals surface area contributed by atoms with Gasteiger partial charge in [0.1, 0.15) is 0 Å². The first-order valence-corrected chi connectivity index (χ1v) is 8.29. The summed E-state index contributed by atoms with van der Waals surface area (Å²) in [6.45, 7) is 3.72. The van der Waals surface area contributed by atoms with E-state index in [9.17, 15) is 4.79 Å². The molecule has 2 N–H and O–H groups in total. The minimum atomic E-state index is -0.752. The summed E-state index contributed by atoms with van der Waals surface area (Å²) in [5.74, 6) is -0.752. The highest BCUT2D eigenvalue weighted by Gasteiger charge is 2.33. The van der Waals surface area contributed by atoms with Crippen LogP contribution in [0.4, 0.5) is 0 Å². The van der Waals surface area contributed by atoms with E-state index in [-0.39, 0.29) is 6.54 Å². The molecule has 0 aliphatic heterocycles. The first-order valence-electron chi connectivity index (χ1n) is 7.12. The van der Waals surface area contributed by atoms with Crippen molar-refractivity contribution < 1.29 is 9.90 Å². The van der Waals surface area contributed by atoms with Gasteiger partial charge in [0.2, 0.25) is 0 Å². The summed E-state index contributed by atoms with van der Waals surface area (Å²) < 4.78 is 1.01. The zero-order valence-corrected chi connectivity index (χ0v) is 14.3. The molecule has 0 bridgehead atoms. The van der Waals surface area contributed by atoms with Gasteiger partial charge < -0.3 is 10.4 Å². The summed E-state index contributed by atoms with van der Waals surface area (Å²) >= 11 is 9.44. The van der Waals surface area contributed by atoms with Crippen LogP contribution in [0.1, 0.15) is 25.3 Å². The lowest BCUT2D eigenvalue weighted by molar-refractivity contribution is -0.139. The van der Waals surface area contributed by atoms with E-state index in [4.69, 9.17) is 16.7 Å². The van der Waals surface area contributed by atoms with Crippen molar-refractivity contribution in [2.75, 3.05) is 13.1 Å². The highest BCUT2D eigenvalue weighted by atomic mass is 79.9. The third-order valence-corrected chi connectivity index (χ3v) is 4.94. The molecule has 1 fully saturated rings. The van der Waals surface area contributed by atoms with Gasteiger partial charge in [0.25, 0.3) is 0 Å². The number of rotatable bonds is 7. The van der Waals surface area contributed by atoms with Crippen molar-refractivity contribution in [3.8, 4) is 0 Å². The van der Waals surface area contributed by atoms with Gasteiger partial charge in [-0.15, -0.1) is 0 Å². The zero-order chi connectivity index (χ0) is 15.4. The third kappa shape index (κ3) is 4.68. The Balaban J connectivity index is 1.76. The second kappa shape index (κ2) is 7.58. The van der Waals surface area contributed by atoms with Crippen LogP contribution in [0.5, 0.6) is 0 Å². The number of hydrogen-bond acceptors (Lipinski definition) is 3. The summed E-state index contributed by atoms with van der Waals surface area (Å²) in [6.07, 6.45) is 2.01.